The van der Waals surface area contributed by atoms with Crippen LogP contribution in [0.15, 0.2) is 24.3 Å². The molecule has 152 valence electrons. The van der Waals surface area contributed by atoms with Gasteiger partial charge in [-0.05, 0) is 24.1 Å². The number of benzene rings is 2. The lowest BCUT2D eigenvalue weighted by molar-refractivity contribution is 0.0554. The molecule has 2 aromatic rings. The second kappa shape index (κ2) is 6.58. The maximum absolute atomic E-state index is 13.5. The number of methoxy groups -OCH3 is 2. The maximum Gasteiger partial charge on any atom is 0.178 e. The molecule has 0 radical (unpaired) electrons. The van der Waals surface area contributed by atoms with Crippen molar-refractivity contribution in [2.24, 2.45) is 5.92 Å². The molecule has 29 heavy (non-hydrogen) atoms. The Labute approximate surface area is 169 Å². The number of Topliss-reactive ketones (excluding diaryl/α,β-unsaturated/α-hetero) is 1. The van der Waals surface area contributed by atoms with Gasteiger partial charge < -0.3 is 23.7 Å². The molecule has 3 aliphatic heterocycles. The molecular formula is C23H24O6. The quantitative estimate of drug-likeness (QED) is 0.787. The first-order chi connectivity index (χ1) is 14.0. The van der Waals surface area contributed by atoms with Crippen molar-refractivity contribution in [3.63, 3.8) is 0 Å². The highest BCUT2D eigenvalue weighted by atomic mass is 16.5. The Hall–Kier alpha value is -2.89. The molecular weight excluding hydrogens is 372 g/mol. The minimum Gasteiger partial charge on any atom is -0.493 e. The summed E-state index contributed by atoms with van der Waals surface area (Å²) in [4.78, 5) is 13.5. The zero-order valence-electron chi connectivity index (χ0n) is 17.0. The molecule has 5 rings (SSSR count). The Morgan fingerprint density at radius 3 is 2.52 bits per heavy atom. The summed E-state index contributed by atoms with van der Waals surface area (Å²) in [5.41, 5.74) is 2.37. The average Bonchev–Trinajstić information content (AvgIpc) is 3.17. The summed E-state index contributed by atoms with van der Waals surface area (Å²) in [6.45, 7) is 4.58. The van der Waals surface area contributed by atoms with E-state index < -0.39 is 5.92 Å². The molecule has 6 nitrogen and oxygen atoms in total. The molecule has 2 aromatic carbocycles. The number of hydrogen-bond donors (Lipinski definition) is 0. The second-order valence-electron chi connectivity index (χ2n) is 8.08. The van der Waals surface area contributed by atoms with E-state index in [0.29, 0.717) is 41.1 Å². The third kappa shape index (κ3) is 2.65. The molecule has 6 heteroatoms. The number of fused-ring (bicyclic) bond motifs is 6. The number of carbonyl (C=O) groups excluding carboxylic acids is 1. The van der Waals surface area contributed by atoms with Gasteiger partial charge >= 0.3 is 0 Å². The summed E-state index contributed by atoms with van der Waals surface area (Å²) in [7, 11) is 3.16. The van der Waals surface area contributed by atoms with Crippen molar-refractivity contribution in [2.45, 2.75) is 38.4 Å². The van der Waals surface area contributed by atoms with Crippen LogP contribution in [0.2, 0.25) is 0 Å². The molecule has 0 unspecified atom stereocenters. The van der Waals surface area contributed by atoms with Crippen molar-refractivity contribution in [3.8, 4) is 28.7 Å². The summed E-state index contributed by atoms with van der Waals surface area (Å²) in [6, 6.07) is 7.32. The van der Waals surface area contributed by atoms with Gasteiger partial charge in [0.1, 0.15) is 36.1 Å². The Bertz CT molecular complexity index is 995. The molecule has 0 saturated heterocycles. The van der Waals surface area contributed by atoms with Crippen molar-refractivity contribution >= 4 is 5.78 Å². The van der Waals surface area contributed by atoms with Crippen molar-refractivity contribution in [1.29, 1.82) is 0 Å². The van der Waals surface area contributed by atoms with Gasteiger partial charge in [-0.1, -0.05) is 13.8 Å². The van der Waals surface area contributed by atoms with Gasteiger partial charge in [0.15, 0.2) is 17.3 Å². The minimum absolute atomic E-state index is 0.0452. The molecule has 0 saturated carbocycles. The predicted octanol–water partition coefficient (Wildman–Crippen LogP) is 3.78. The third-order valence-electron chi connectivity index (χ3n) is 6.09. The van der Waals surface area contributed by atoms with Crippen LogP contribution in [0.3, 0.4) is 0 Å². The number of rotatable bonds is 3. The highest BCUT2D eigenvalue weighted by Gasteiger charge is 2.45. The lowest BCUT2D eigenvalue weighted by Crippen LogP contribution is -2.43. The van der Waals surface area contributed by atoms with Crippen LogP contribution in [0.4, 0.5) is 0 Å². The number of hydrogen-bond acceptors (Lipinski definition) is 6. The normalized spacial score (nSPS) is 23.8. The van der Waals surface area contributed by atoms with Gasteiger partial charge in [-0.25, -0.2) is 0 Å². The molecule has 0 N–H and O–H groups in total. The lowest BCUT2D eigenvalue weighted by atomic mass is 9.81. The zero-order valence-corrected chi connectivity index (χ0v) is 17.0. The fraction of sp³-hybridized carbons (Fsp3) is 0.435. The van der Waals surface area contributed by atoms with Gasteiger partial charge in [0.2, 0.25) is 0 Å². The van der Waals surface area contributed by atoms with Crippen LogP contribution >= 0.6 is 0 Å². The molecule has 0 aliphatic carbocycles. The zero-order chi connectivity index (χ0) is 20.3. The van der Waals surface area contributed by atoms with E-state index >= 15 is 0 Å². The summed E-state index contributed by atoms with van der Waals surface area (Å²) in [6.07, 6.45) is 0.474. The molecule has 0 fully saturated rings. The van der Waals surface area contributed by atoms with Gasteiger partial charge in [0, 0.05) is 23.6 Å². The highest BCUT2D eigenvalue weighted by Crippen LogP contribution is 2.49. The summed E-state index contributed by atoms with van der Waals surface area (Å²) < 4.78 is 29.2. The monoisotopic (exact) mass is 396 g/mol. The van der Waals surface area contributed by atoms with Crippen LogP contribution in [0.5, 0.6) is 28.7 Å². The van der Waals surface area contributed by atoms with Crippen LogP contribution in [0.1, 0.15) is 41.3 Å². The van der Waals surface area contributed by atoms with Crippen LogP contribution in [0.25, 0.3) is 0 Å². The van der Waals surface area contributed by atoms with E-state index in [2.05, 4.69) is 13.8 Å². The van der Waals surface area contributed by atoms with Gasteiger partial charge in [0.25, 0.3) is 0 Å². The Morgan fingerprint density at radius 1 is 1.03 bits per heavy atom. The number of ether oxygens (including phenoxy) is 5. The van der Waals surface area contributed by atoms with Crippen molar-refractivity contribution < 1.29 is 28.5 Å². The minimum atomic E-state index is -0.438. The summed E-state index contributed by atoms with van der Waals surface area (Å²) in [5, 5.41) is 0. The standard InChI is InChI=1S/C23H24O6/c1-11(2)16-8-14-15(28-16)6-5-12-22(24)21-13-7-18(25-3)19(26-4)9-17(13)27-10-20(21)29-23(12)14/h5-7,9,11,16,20-21H,8,10H2,1-4H3/t16-,20-,21+/m1/s1. The molecule has 0 amide bonds. The van der Waals surface area contributed by atoms with Gasteiger partial charge in [-0.15, -0.1) is 0 Å². The molecule has 0 bridgehead atoms. The molecule has 3 atom stereocenters. The molecule has 3 heterocycles. The molecule has 3 aliphatic rings. The largest absolute Gasteiger partial charge is 0.493 e. The number of ketones is 1. The second-order valence-corrected chi connectivity index (χ2v) is 8.08. The first kappa shape index (κ1) is 18.2. The Morgan fingerprint density at radius 2 is 1.79 bits per heavy atom. The van der Waals surface area contributed by atoms with Crippen molar-refractivity contribution in [3.05, 3.63) is 41.0 Å². The van der Waals surface area contributed by atoms with E-state index in [4.69, 9.17) is 23.7 Å². The lowest BCUT2D eigenvalue weighted by Gasteiger charge is -2.37. The Kier molecular flexibility index (Phi) is 4.12. The maximum atomic E-state index is 13.5. The van der Waals surface area contributed by atoms with E-state index in [1.165, 1.54) is 0 Å². The summed E-state index contributed by atoms with van der Waals surface area (Å²) >= 11 is 0. The van der Waals surface area contributed by atoms with E-state index in [-0.39, 0.29) is 18.0 Å². The highest BCUT2D eigenvalue weighted by molar-refractivity contribution is 6.06. The topological polar surface area (TPSA) is 63.2 Å². The fourth-order valence-corrected chi connectivity index (χ4v) is 4.46. The fourth-order valence-electron chi connectivity index (χ4n) is 4.46. The van der Waals surface area contributed by atoms with Crippen LogP contribution in [0, 0.1) is 5.92 Å². The van der Waals surface area contributed by atoms with E-state index in [0.717, 1.165) is 23.3 Å². The first-order valence-corrected chi connectivity index (χ1v) is 9.94. The van der Waals surface area contributed by atoms with Gasteiger partial charge in [-0.3, -0.25) is 4.79 Å². The van der Waals surface area contributed by atoms with Gasteiger partial charge in [-0.2, -0.15) is 0 Å². The van der Waals surface area contributed by atoms with E-state index in [1.807, 2.05) is 18.2 Å². The van der Waals surface area contributed by atoms with Crippen LogP contribution in [-0.2, 0) is 6.42 Å². The van der Waals surface area contributed by atoms with Crippen LogP contribution in [-0.4, -0.2) is 38.8 Å². The van der Waals surface area contributed by atoms with Gasteiger partial charge in [0.05, 0.1) is 25.7 Å². The van der Waals surface area contributed by atoms with Crippen molar-refractivity contribution in [1.82, 2.24) is 0 Å². The van der Waals surface area contributed by atoms with Crippen LogP contribution < -0.4 is 23.7 Å². The average molecular weight is 396 g/mol. The third-order valence-corrected chi connectivity index (χ3v) is 6.09. The summed E-state index contributed by atoms with van der Waals surface area (Å²) in [5.74, 6) is 3.24. The predicted molar refractivity (Wildman–Crippen MR) is 106 cm³/mol. The van der Waals surface area contributed by atoms with E-state index in [1.54, 1.807) is 20.3 Å². The molecule has 0 aromatic heterocycles. The van der Waals surface area contributed by atoms with Crippen molar-refractivity contribution in [2.75, 3.05) is 20.8 Å². The van der Waals surface area contributed by atoms with E-state index in [9.17, 15) is 4.79 Å². The number of carbonyl (C=O) groups is 1. The first-order valence-electron chi connectivity index (χ1n) is 9.94. The smallest absolute Gasteiger partial charge is 0.178 e. The SMILES string of the molecule is COc1cc2c(cc1OC)[C@@H]1C(=O)c3ccc4c(c3O[C@@H]1CO2)C[C@H](C(C)C)O4. The Balaban J connectivity index is 1.57. The molecule has 0 spiro atoms.